The summed E-state index contributed by atoms with van der Waals surface area (Å²) in [6.07, 6.45) is 5.87. The molecule has 0 heterocycles. The summed E-state index contributed by atoms with van der Waals surface area (Å²) in [6.45, 7) is 0.546. The van der Waals surface area contributed by atoms with Gasteiger partial charge in [-0.1, -0.05) is 6.42 Å². The van der Waals surface area contributed by atoms with Crippen molar-refractivity contribution in [2.24, 2.45) is 0 Å². The highest BCUT2D eigenvalue weighted by Crippen LogP contribution is 2.36. The monoisotopic (exact) mass is 299 g/mol. The minimum absolute atomic E-state index is 0.343. The standard InChI is InChI=1S/C13H18BrNO2/c1-17-15-8-11-10-6-4-2-3-5-9(10)7-12(14)13(11)16/h7,15-16H,2-6,8H2,1H3. The average Bonchev–Trinajstić information content (AvgIpc) is 2.55. The van der Waals surface area contributed by atoms with Gasteiger partial charge in [-0.15, -0.1) is 0 Å². The second-order valence-electron chi connectivity index (χ2n) is 4.41. The number of phenols is 1. The summed E-state index contributed by atoms with van der Waals surface area (Å²) in [4.78, 5) is 4.89. The fourth-order valence-electron chi connectivity index (χ4n) is 2.45. The Morgan fingerprint density at radius 2 is 2.12 bits per heavy atom. The van der Waals surface area contributed by atoms with Gasteiger partial charge in [0.1, 0.15) is 5.75 Å². The van der Waals surface area contributed by atoms with Crippen LogP contribution in [-0.2, 0) is 24.2 Å². The van der Waals surface area contributed by atoms with Crippen molar-refractivity contribution in [3.63, 3.8) is 0 Å². The third-order valence-electron chi connectivity index (χ3n) is 3.33. The number of hydrogen-bond acceptors (Lipinski definition) is 3. The molecule has 3 nitrogen and oxygen atoms in total. The minimum atomic E-state index is 0.343. The van der Waals surface area contributed by atoms with Gasteiger partial charge < -0.3 is 9.94 Å². The molecule has 0 fully saturated rings. The van der Waals surface area contributed by atoms with Gasteiger partial charge in [0.2, 0.25) is 0 Å². The molecule has 0 spiro atoms. The number of halogens is 1. The highest BCUT2D eigenvalue weighted by Gasteiger charge is 2.17. The van der Waals surface area contributed by atoms with Crippen molar-refractivity contribution in [1.82, 2.24) is 5.48 Å². The molecule has 1 aliphatic rings. The molecule has 4 heteroatoms. The van der Waals surface area contributed by atoms with E-state index >= 15 is 0 Å². The number of fused-ring (bicyclic) bond motifs is 1. The lowest BCUT2D eigenvalue weighted by atomic mass is 9.96. The molecule has 94 valence electrons. The fourth-order valence-corrected chi connectivity index (χ4v) is 2.97. The van der Waals surface area contributed by atoms with Crippen molar-refractivity contribution in [1.29, 1.82) is 0 Å². The van der Waals surface area contributed by atoms with E-state index < -0.39 is 0 Å². The number of aromatic hydroxyl groups is 1. The van der Waals surface area contributed by atoms with E-state index in [1.807, 2.05) is 0 Å². The molecule has 0 amide bonds. The van der Waals surface area contributed by atoms with Gasteiger partial charge in [0.15, 0.2) is 0 Å². The molecule has 0 atom stereocenters. The van der Waals surface area contributed by atoms with E-state index in [4.69, 9.17) is 4.84 Å². The Labute approximate surface area is 110 Å². The lowest BCUT2D eigenvalue weighted by Gasteiger charge is -2.16. The molecule has 0 saturated heterocycles. The maximum absolute atomic E-state index is 10.1. The van der Waals surface area contributed by atoms with Crippen LogP contribution in [0.5, 0.6) is 5.75 Å². The maximum atomic E-state index is 10.1. The molecule has 0 aliphatic heterocycles. The van der Waals surface area contributed by atoms with Crippen LogP contribution in [0, 0.1) is 0 Å². The van der Waals surface area contributed by atoms with Crippen LogP contribution < -0.4 is 5.48 Å². The Balaban J connectivity index is 2.42. The van der Waals surface area contributed by atoms with Crippen LogP contribution in [0.15, 0.2) is 10.5 Å². The first-order chi connectivity index (χ1) is 8.24. The average molecular weight is 300 g/mol. The van der Waals surface area contributed by atoms with Crippen LogP contribution in [0.1, 0.15) is 36.0 Å². The molecular formula is C13H18BrNO2. The molecule has 1 aromatic carbocycles. The zero-order valence-electron chi connectivity index (χ0n) is 10.1. The summed E-state index contributed by atoms with van der Waals surface area (Å²) in [6, 6.07) is 2.06. The van der Waals surface area contributed by atoms with Gasteiger partial charge in [-0.25, -0.2) is 0 Å². The molecule has 0 unspecified atom stereocenters. The number of hydroxylamine groups is 1. The van der Waals surface area contributed by atoms with E-state index in [1.165, 1.54) is 30.4 Å². The highest BCUT2D eigenvalue weighted by molar-refractivity contribution is 9.10. The third kappa shape index (κ3) is 2.81. The summed E-state index contributed by atoms with van der Waals surface area (Å²) in [5, 5.41) is 10.1. The van der Waals surface area contributed by atoms with Gasteiger partial charge in [0, 0.05) is 12.1 Å². The van der Waals surface area contributed by atoms with Gasteiger partial charge in [-0.05, 0) is 58.8 Å². The minimum Gasteiger partial charge on any atom is -0.506 e. The van der Waals surface area contributed by atoms with Gasteiger partial charge >= 0.3 is 0 Å². The number of nitrogens with one attached hydrogen (secondary N) is 1. The van der Waals surface area contributed by atoms with Gasteiger partial charge in [-0.3, -0.25) is 0 Å². The molecule has 0 radical (unpaired) electrons. The molecule has 0 saturated carbocycles. The molecular weight excluding hydrogens is 282 g/mol. The Kier molecular flexibility index (Phi) is 4.42. The smallest absolute Gasteiger partial charge is 0.134 e. The SMILES string of the molecule is CONCc1c(O)c(Br)cc2c1CCCCC2. The highest BCUT2D eigenvalue weighted by atomic mass is 79.9. The summed E-state index contributed by atoms with van der Waals surface area (Å²) in [5.74, 6) is 0.343. The van der Waals surface area contributed by atoms with Crippen LogP contribution in [0.3, 0.4) is 0 Å². The Bertz CT molecular complexity index is 407. The van der Waals surface area contributed by atoms with E-state index in [-0.39, 0.29) is 0 Å². The fraction of sp³-hybridized carbons (Fsp3) is 0.538. The number of rotatable bonds is 3. The summed E-state index contributed by atoms with van der Waals surface area (Å²) in [5.41, 5.74) is 6.45. The lowest BCUT2D eigenvalue weighted by Crippen LogP contribution is -2.13. The van der Waals surface area contributed by atoms with E-state index in [9.17, 15) is 5.11 Å². The van der Waals surface area contributed by atoms with Crippen LogP contribution in [0.25, 0.3) is 0 Å². The molecule has 2 N–H and O–H groups in total. The van der Waals surface area contributed by atoms with E-state index in [0.717, 1.165) is 22.9 Å². The molecule has 17 heavy (non-hydrogen) atoms. The number of aryl methyl sites for hydroxylation is 1. The quantitative estimate of drug-likeness (QED) is 0.666. The van der Waals surface area contributed by atoms with Crippen molar-refractivity contribution >= 4 is 15.9 Å². The Hall–Kier alpha value is -0.580. The number of hydrogen-bond donors (Lipinski definition) is 2. The first kappa shape index (κ1) is 12.9. The van der Waals surface area contributed by atoms with Crippen LogP contribution >= 0.6 is 15.9 Å². The van der Waals surface area contributed by atoms with Crippen molar-refractivity contribution in [3.8, 4) is 5.75 Å². The predicted octanol–water partition coefficient (Wildman–Crippen LogP) is 3.07. The molecule has 0 bridgehead atoms. The molecule has 1 aromatic rings. The first-order valence-electron chi connectivity index (χ1n) is 6.02. The van der Waals surface area contributed by atoms with Crippen molar-refractivity contribution < 1.29 is 9.94 Å². The number of benzene rings is 1. The van der Waals surface area contributed by atoms with E-state index in [0.29, 0.717) is 12.3 Å². The lowest BCUT2D eigenvalue weighted by molar-refractivity contribution is 0.0859. The first-order valence-corrected chi connectivity index (χ1v) is 6.81. The van der Waals surface area contributed by atoms with E-state index in [1.54, 1.807) is 7.11 Å². The zero-order valence-corrected chi connectivity index (χ0v) is 11.6. The number of phenolic OH excluding ortho intramolecular Hbond substituents is 1. The second kappa shape index (κ2) is 5.85. The van der Waals surface area contributed by atoms with Crippen LogP contribution in [0.4, 0.5) is 0 Å². The second-order valence-corrected chi connectivity index (χ2v) is 5.26. The topological polar surface area (TPSA) is 41.5 Å². The maximum Gasteiger partial charge on any atom is 0.134 e. The zero-order chi connectivity index (χ0) is 12.3. The van der Waals surface area contributed by atoms with Gasteiger partial charge in [0.25, 0.3) is 0 Å². The third-order valence-corrected chi connectivity index (χ3v) is 3.94. The Morgan fingerprint density at radius 1 is 1.35 bits per heavy atom. The summed E-state index contributed by atoms with van der Waals surface area (Å²) in [7, 11) is 1.59. The van der Waals surface area contributed by atoms with Gasteiger partial charge in [0.05, 0.1) is 11.6 Å². The van der Waals surface area contributed by atoms with E-state index in [2.05, 4.69) is 27.5 Å². The largest absolute Gasteiger partial charge is 0.506 e. The summed E-state index contributed by atoms with van der Waals surface area (Å²) < 4.78 is 0.783. The van der Waals surface area contributed by atoms with Gasteiger partial charge in [-0.2, -0.15) is 5.48 Å². The van der Waals surface area contributed by atoms with Crippen molar-refractivity contribution in [3.05, 3.63) is 27.2 Å². The van der Waals surface area contributed by atoms with Crippen molar-refractivity contribution in [2.45, 2.75) is 38.6 Å². The molecule has 2 rings (SSSR count). The normalized spacial score (nSPS) is 15.4. The molecule has 1 aliphatic carbocycles. The summed E-state index contributed by atoms with van der Waals surface area (Å²) >= 11 is 3.42. The predicted molar refractivity (Wildman–Crippen MR) is 70.9 cm³/mol. The molecule has 0 aromatic heterocycles. The van der Waals surface area contributed by atoms with Crippen LogP contribution in [0.2, 0.25) is 0 Å². The van der Waals surface area contributed by atoms with Crippen LogP contribution in [-0.4, -0.2) is 12.2 Å². The Morgan fingerprint density at radius 3 is 2.88 bits per heavy atom. The van der Waals surface area contributed by atoms with Crippen molar-refractivity contribution in [2.75, 3.05) is 7.11 Å².